The number of ether oxygens (including phenoxy) is 3. The normalized spacial score (nSPS) is 11.1. The summed E-state index contributed by atoms with van der Waals surface area (Å²) in [7, 11) is -2.10. The second-order valence-corrected chi connectivity index (χ2v) is 7.90. The molecule has 9 heteroatoms. The first-order valence-corrected chi connectivity index (χ1v) is 10.8. The van der Waals surface area contributed by atoms with Gasteiger partial charge in [0.05, 0.1) is 24.3 Å². The van der Waals surface area contributed by atoms with Crippen LogP contribution in [0, 0.1) is 0 Å². The Bertz CT molecular complexity index is 1040. The molecule has 3 rings (SSSR count). The van der Waals surface area contributed by atoms with Gasteiger partial charge in [0, 0.05) is 18.2 Å². The Morgan fingerprint density at radius 2 is 1.57 bits per heavy atom. The van der Waals surface area contributed by atoms with Gasteiger partial charge in [-0.3, -0.25) is 0 Å². The van der Waals surface area contributed by atoms with Gasteiger partial charge in [0.25, 0.3) is 0 Å². The van der Waals surface area contributed by atoms with Gasteiger partial charge in [-0.15, -0.1) is 10.2 Å². The smallest absolute Gasteiger partial charge is 0.240 e. The van der Waals surface area contributed by atoms with Crippen LogP contribution in [0.15, 0.2) is 65.6 Å². The van der Waals surface area contributed by atoms with Crippen molar-refractivity contribution in [3.8, 4) is 28.6 Å². The van der Waals surface area contributed by atoms with Crippen LogP contribution in [0.4, 0.5) is 0 Å². The number of methoxy groups -OCH3 is 1. The highest BCUT2D eigenvalue weighted by Crippen LogP contribution is 2.21. The van der Waals surface area contributed by atoms with Crippen molar-refractivity contribution in [1.82, 2.24) is 14.9 Å². The van der Waals surface area contributed by atoms with Crippen LogP contribution in [-0.4, -0.2) is 45.5 Å². The molecule has 0 spiro atoms. The first-order chi connectivity index (χ1) is 14.5. The summed E-state index contributed by atoms with van der Waals surface area (Å²) in [5.41, 5.74) is 1.61. The first-order valence-electron chi connectivity index (χ1n) is 9.35. The van der Waals surface area contributed by atoms with E-state index in [1.54, 1.807) is 24.3 Å². The highest BCUT2D eigenvalue weighted by atomic mass is 32.2. The SMILES string of the molecule is CCOc1ccc(-c2ccc(OCCNS(=O)(=O)c3ccc(OC)cc3)nn2)cc1. The van der Waals surface area contributed by atoms with Gasteiger partial charge in [-0.05, 0) is 61.5 Å². The van der Waals surface area contributed by atoms with Gasteiger partial charge in [0.2, 0.25) is 15.9 Å². The highest BCUT2D eigenvalue weighted by molar-refractivity contribution is 7.89. The zero-order valence-electron chi connectivity index (χ0n) is 16.7. The molecule has 2 aromatic carbocycles. The molecule has 0 bridgehead atoms. The number of hydrogen-bond donors (Lipinski definition) is 1. The molecule has 0 saturated heterocycles. The summed E-state index contributed by atoms with van der Waals surface area (Å²) in [6, 6.07) is 17.2. The molecular weight excluding hydrogens is 406 g/mol. The summed E-state index contributed by atoms with van der Waals surface area (Å²) < 4.78 is 42.9. The maximum absolute atomic E-state index is 12.3. The van der Waals surface area contributed by atoms with Gasteiger partial charge in [-0.25, -0.2) is 13.1 Å². The largest absolute Gasteiger partial charge is 0.497 e. The quantitative estimate of drug-likeness (QED) is 0.495. The van der Waals surface area contributed by atoms with Gasteiger partial charge >= 0.3 is 0 Å². The number of nitrogens with one attached hydrogen (secondary N) is 1. The molecule has 0 atom stereocenters. The minimum atomic E-state index is -3.62. The zero-order chi connectivity index (χ0) is 21.4. The lowest BCUT2D eigenvalue weighted by atomic mass is 10.1. The minimum absolute atomic E-state index is 0.0939. The predicted octanol–water partition coefficient (Wildman–Crippen LogP) is 2.91. The summed E-state index contributed by atoms with van der Waals surface area (Å²) in [5, 5.41) is 8.18. The number of aromatic nitrogens is 2. The molecule has 1 N–H and O–H groups in total. The lowest BCUT2D eigenvalue weighted by Crippen LogP contribution is -2.28. The van der Waals surface area contributed by atoms with Gasteiger partial charge < -0.3 is 14.2 Å². The summed E-state index contributed by atoms with van der Waals surface area (Å²) in [4.78, 5) is 0.155. The van der Waals surface area contributed by atoms with Crippen molar-refractivity contribution in [1.29, 1.82) is 0 Å². The van der Waals surface area contributed by atoms with Crippen LogP contribution in [0.5, 0.6) is 17.4 Å². The number of nitrogens with zero attached hydrogens (tertiary/aromatic N) is 2. The van der Waals surface area contributed by atoms with Crippen molar-refractivity contribution >= 4 is 10.0 Å². The topological polar surface area (TPSA) is 99.6 Å². The summed E-state index contributed by atoms with van der Waals surface area (Å²) in [6.45, 7) is 2.76. The van der Waals surface area contributed by atoms with Crippen LogP contribution in [0.3, 0.4) is 0 Å². The molecule has 0 aliphatic heterocycles. The third kappa shape index (κ3) is 5.68. The van der Waals surface area contributed by atoms with E-state index in [1.165, 1.54) is 19.2 Å². The molecule has 1 aromatic heterocycles. The molecule has 0 fully saturated rings. The van der Waals surface area contributed by atoms with Crippen molar-refractivity contribution in [3.05, 3.63) is 60.7 Å². The average Bonchev–Trinajstić information content (AvgIpc) is 2.78. The zero-order valence-corrected chi connectivity index (χ0v) is 17.6. The third-order valence-electron chi connectivity index (χ3n) is 4.11. The van der Waals surface area contributed by atoms with Gasteiger partial charge in [-0.1, -0.05) is 0 Å². The number of rotatable bonds is 10. The molecule has 0 radical (unpaired) electrons. The van der Waals surface area contributed by atoms with Gasteiger partial charge in [-0.2, -0.15) is 0 Å². The Balaban J connectivity index is 1.50. The molecule has 0 amide bonds. The van der Waals surface area contributed by atoms with E-state index in [4.69, 9.17) is 14.2 Å². The molecule has 30 heavy (non-hydrogen) atoms. The fourth-order valence-electron chi connectivity index (χ4n) is 2.61. The van der Waals surface area contributed by atoms with Gasteiger partial charge in [0.1, 0.15) is 18.1 Å². The highest BCUT2D eigenvalue weighted by Gasteiger charge is 2.13. The van der Waals surface area contributed by atoms with E-state index >= 15 is 0 Å². The molecular formula is C21H23N3O5S. The Morgan fingerprint density at radius 3 is 2.17 bits per heavy atom. The van der Waals surface area contributed by atoms with Crippen LogP contribution >= 0.6 is 0 Å². The van der Waals surface area contributed by atoms with Crippen molar-refractivity contribution in [2.24, 2.45) is 0 Å². The fourth-order valence-corrected chi connectivity index (χ4v) is 3.62. The van der Waals surface area contributed by atoms with Crippen molar-refractivity contribution < 1.29 is 22.6 Å². The summed E-state index contributed by atoms with van der Waals surface area (Å²) in [6.07, 6.45) is 0. The summed E-state index contributed by atoms with van der Waals surface area (Å²) in [5.74, 6) is 1.70. The molecule has 8 nitrogen and oxygen atoms in total. The number of benzene rings is 2. The fraction of sp³-hybridized carbons (Fsp3) is 0.238. The van der Waals surface area contributed by atoms with Crippen molar-refractivity contribution in [2.45, 2.75) is 11.8 Å². The van der Waals surface area contributed by atoms with Crippen LogP contribution in [-0.2, 0) is 10.0 Å². The monoisotopic (exact) mass is 429 g/mol. The second kappa shape index (κ2) is 10.0. The maximum Gasteiger partial charge on any atom is 0.240 e. The van der Waals surface area contributed by atoms with E-state index < -0.39 is 10.0 Å². The Labute approximate surface area is 175 Å². The molecule has 3 aromatic rings. The van der Waals surface area contributed by atoms with E-state index in [-0.39, 0.29) is 18.0 Å². The molecule has 158 valence electrons. The van der Waals surface area contributed by atoms with Crippen molar-refractivity contribution in [2.75, 3.05) is 26.9 Å². The average molecular weight is 429 g/mol. The van der Waals surface area contributed by atoms with Crippen LogP contribution in [0.2, 0.25) is 0 Å². The van der Waals surface area contributed by atoms with E-state index in [9.17, 15) is 8.42 Å². The third-order valence-corrected chi connectivity index (χ3v) is 5.59. The van der Waals surface area contributed by atoms with Gasteiger partial charge in [0.15, 0.2) is 0 Å². The van der Waals surface area contributed by atoms with Crippen LogP contribution in [0.25, 0.3) is 11.3 Å². The molecule has 0 unspecified atom stereocenters. The lowest BCUT2D eigenvalue weighted by molar-refractivity contribution is 0.307. The minimum Gasteiger partial charge on any atom is -0.497 e. The molecule has 1 heterocycles. The maximum atomic E-state index is 12.3. The lowest BCUT2D eigenvalue weighted by Gasteiger charge is -2.09. The Kier molecular flexibility index (Phi) is 7.21. The summed E-state index contributed by atoms with van der Waals surface area (Å²) >= 11 is 0. The number of hydrogen-bond acceptors (Lipinski definition) is 7. The predicted molar refractivity (Wildman–Crippen MR) is 112 cm³/mol. The Morgan fingerprint density at radius 1 is 0.867 bits per heavy atom. The van der Waals surface area contributed by atoms with E-state index in [2.05, 4.69) is 14.9 Å². The van der Waals surface area contributed by atoms with Crippen LogP contribution < -0.4 is 18.9 Å². The van der Waals surface area contributed by atoms with Crippen molar-refractivity contribution in [3.63, 3.8) is 0 Å². The molecule has 0 saturated carbocycles. The second-order valence-electron chi connectivity index (χ2n) is 6.14. The van der Waals surface area contributed by atoms with Crippen LogP contribution in [0.1, 0.15) is 6.92 Å². The standard InChI is InChI=1S/C21H23N3O5S/c1-3-28-18-6-4-16(5-7-18)20-12-13-21(24-23-20)29-15-14-22-30(25,26)19-10-8-17(27-2)9-11-19/h4-13,22H,3,14-15H2,1-2H3. The molecule has 0 aliphatic rings. The number of sulfonamides is 1. The first kappa shape index (κ1) is 21.5. The Hall–Kier alpha value is -3.17. The molecule has 0 aliphatic carbocycles. The van der Waals surface area contributed by atoms with E-state index in [1.807, 2.05) is 31.2 Å². The van der Waals surface area contributed by atoms with E-state index in [0.29, 0.717) is 23.9 Å². The van der Waals surface area contributed by atoms with E-state index in [0.717, 1.165) is 11.3 Å².